The molecule has 1 saturated carbocycles. The molecule has 1 heterocycles. The number of benzene rings is 2. The maximum Gasteiger partial charge on any atom is 0.161 e. The first-order chi connectivity index (χ1) is 12.2. The number of methoxy groups -OCH3 is 2. The Morgan fingerprint density at radius 2 is 1.68 bits per heavy atom. The van der Waals surface area contributed by atoms with Crippen LogP contribution in [-0.2, 0) is 4.74 Å². The molecule has 3 nitrogen and oxygen atoms in total. The SMILES string of the molecule is COc1cc2c(cc1OC)[C@@H]1CCCC[C@@H]1O[C@H]2c1cccc(F)c1. The molecule has 0 N–H and O–H groups in total. The molecular weight excluding hydrogens is 319 g/mol. The molecule has 0 spiro atoms. The van der Waals surface area contributed by atoms with E-state index in [-0.39, 0.29) is 18.0 Å². The minimum atomic E-state index is -0.273. The van der Waals surface area contributed by atoms with Crippen LogP contribution in [0, 0.1) is 5.82 Å². The summed E-state index contributed by atoms with van der Waals surface area (Å²) in [5, 5.41) is 0. The number of rotatable bonds is 3. The summed E-state index contributed by atoms with van der Waals surface area (Å²) in [6.45, 7) is 0. The zero-order valence-electron chi connectivity index (χ0n) is 14.6. The summed E-state index contributed by atoms with van der Waals surface area (Å²) in [7, 11) is 3.29. The van der Waals surface area contributed by atoms with Gasteiger partial charge in [-0.3, -0.25) is 0 Å². The van der Waals surface area contributed by atoms with Crippen molar-refractivity contribution in [2.45, 2.75) is 43.8 Å². The summed E-state index contributed by atoms with van der Waals surface area (Å²) >= 11 is 0. The maximum absolute atomic E-state index is 13.8. The highest BCUT2D eigenvalue weighted by atomic mass is 19.1. The van der Waals surface area contributed by atoms with Crippen molar-refractivity contribution < 1.29 is 18.6 Å². The van der Waals surface area contributed by atoms with Gasteiger partial charge in [-0.15, -0.1) is 0 Å². The fourth-order valence-corrected chi connectivity index (χ4v) is 4.25. The monoisotopic (exact) mass is 342 g/mol. The van der Waals surface area contributed by atoms with Crippen LogP contribution in [-0.4, -0.2) is 20.3 Å². The summed E-state index contributed by atoms with van der Waals surface area (Å²) in [5.41, 5.74) is 3.16. The highest BCUT2D eigenvalue weighted by Gasteiger charge is 2.38. The average Bonchev–Trinajstić information content (AvgIpc) is 2.66. The lowest BCUT2D eigenvalue weighted by Crippen LogP contribution is -2.33. The molecule has 0 bridgehead atoms. The lowest BCUT2D eigenvalue weighted by atomic mass is 9.76. The van der Waals surface area contributed by atoms with Crippen LogP contribution in [0.2, 0.25) is 0 Å². The van der Waals surface area contributed by atoms with Gasteiger partial charge in [0.25, 0.3) is 0 Å². The van der Waals surface area contributed by atoms with Crippen molar-refractivity contribution in [1.29, 1.82) is 0 Å². The Morgan fingerprint density at radius 1 is 0.960 bits per heavy atom. The highest BCUT2D eigenvalue weighted by molar-refractivity contribution is 5.52. The smallest absolute Gasteiger partial charge is 0.161 e. The topological polar surface area (TPSA) is 27.7 Å². The van der Waals surface area contributed by atoms with Gasteiger partial charge in [0.15, 0.2) is 11.5 Å². The summed E-state index contributed by atoms with van der Waals surface area (Å²) in [6, 6.07) is 10.8. The predicted molar refractivity (Wildman–Crippen MR) is 93.9 cm³/mol. The van der Waals surface area contributed by atoms with Crippen LogP contribution in [0.5, 0.6) is 11.5 Å². The van der Waals surface area contributed by atoms with Gasteiger partial charge >= 0.3 is 0 Å². The number of hydrogen-bond acceptors (Lipinski definition) is 3. The third-order valence-corrected chi connectivity index (χ3v) is 5.44. The van der Waals surface area contributed by atoms with Crippen LogP contribution in [0.3, 0.4) is 0 Å². The highest BCUT2D eigenvalue weighted by Crippen LogP contribution is 2.49. The zero-order chi connectivity index (χ0) is 17.4. The van der Waals surface area contributed by atoms with E-state index in [1.165, 1.54) is 24.5 Å². The summed E-state index contributed by atoms with van der Waals surface area (Å²) in [5.74, 6) is 1.55. The van der Waals surface area contributed by atoms with Crippen molar-refractivity contribution >= 4 is 0 Å². The van der Waals surface area contributed by atoms with Crippen molar-refractivity contribution in [3.8, 4) is 11.5 Å². The fourth-order valence-electron chi connectivity index (χ4n) is 4.25. The predicted octanol–water partition coefficient (Wildman–Crippen LogP) is 4.99. The van der Waals surface area contributed by atoms with Crippen molar-refractivity contribution in [2.24, 2.45) is 0 Å². The average molecular weight is 342 g/mol. The molecule has 0 saturated heterocycles. The largest absolute Gasteiger partial charge is 0.493 e. The van der Waals surface area contributed by atoms with Gasteiger partial charge in [-0.05, 0) is 53.8 Å². The number of hydrogen-bond donors (Lipinski definition) is 0. The molecule has 2 aliphatic rings. The van der Waals surface area contributed by atoms with Gasteiger partial charge in [0.1, 0.15) is 11.9 Å². The molecule has 0 amide bonds. The van der Waals surface area contributed by atoms with Crippen molar-refractivity contribution in [1.82, 2.24) is 0 Å². The van der Waals surface area contributed by atoms with E-state index in [0.29, 0.717) is 11.7 Å². The quantitative estimate of drug-likeness (QED) is 0.786. The first-order valence-electron chi connectivity index (χ1n) is 8.88. The van der Waals surface area contributed by atoms with E-state index in [1.807, 2.05) is 12.1 Å². The number of fused-ring (bicyclic) bond motifs is 3. The van der Waals surface area contributed by atoms with E-state index in [1.54, 1.807) is 26.4 Å². The van der Waals surface area contributed by atoms with E-state index in [4.69, 9.17) is 14.2 Å². The summed E-state index contributed by atoms with van der Waals surface area (Å²) in [6.07, 6.45) is 4.45. The Bertz CT molecular complexity index is 774. The molecule has 4 rings (SSSR count). The normalized spacial score (nSPS) is 25.0. The molecule has 0 radical (unpaired) electrons. The van der Waals surface area contributed by atoms with Crippen LogP contribution in [0.15, 0.2) is 36.4 Å². The van der Waals surface area contributed by atoms with E-state index in [2.05, 4.69) is 6.07 Å². The van der Waals surface area contributed by atoms with Crippen LogP contribution >= 0.6 is 0 Å². The minimum Gasteiger partial charge on any atom is -0.493 e. The van der Waals surface area contributed by atoms with Crippen LogP contribution in [0.25, 0.3) is 0 Å². The third-order valence-electron chi connectivity index (χ3n) is 5.44. The molecule has 1 aliphatic carbocycles. The van der Waals surface area contributed by atoms with Crippen LogP contribution in [0.4, 0.5) is 4.39 Å². The molecule has 132 valence electrons. The lowest BCUT2D eigenvalue weighted by molar-refractivity contribution is -0.0392. The molecular formula is C21H23FO3. The summed E-state index contributed by atoms with van der Waals surface area (Å²) < 4.78 is 31.3. The standard InChI is InChI=1S/C21H23FO3/c1-23-19-11-16-15-8-3-4-9-18(15)25-21(17(16)12-20(19)24-2)13-6-5-7-14(22)10-13/h5-7,10-12,15,18,21H,3-4,8-9H2,1-2H3/t15-,18-,21-/m0/s1. The first-order valence-corrected chi connectivity index (χ1v) is 8.88. The van der Waals surface area contributed by atoms with Gasteiger partial charge in [-0.1, -0.05) is 25.0 Å². The lowest BCUT2D eigenvalue weighted by Gasteiger charge is -2.41. The van der Waals surface area contributed by atoms with E-state index in [9.17, 15) is 4.39 Å². The van der Waals surface area contributed by atoms with Crippen molar-refractivity contribution in [3.05, 3.63) is 58.9 Å². The molecule has 1 aliphatic heterocycles. The maximum atomic E-state index is 13.8. The van der Waals surface area contributed by atoms with Crippen LogP contribution in [0.1, 0.15) is 54.4 Å². The van der Waals surface area contributed by atoms with Gasteiger partial charge < -0.3 is 14.2 Å². The molecule has 3 atom stereocenters. The van der Waals surface area contributed by atoms with E-state index < -0.39 is 0 Å². The third kappa shape index (κ3) is 2.89. The molecule has 25 heavy (non-hydrogen) atoms. The van der Waals surface area contributed by atoms with Crippen LogP contribution < -0.4 is 9.47 Å². The summed E-state index contributed by atoms with van der Waals surface area (Å²) in [4.78, 5) is 0. The molecule has 0 unspecified atom stereocenters. The number of ether oxygens (including phenoxy) is 3. The molecule has 0 aromatic heterocycles. The van der Waals surface area contributed by atoms with Gasteiger partial charge in [0.05, 0.1) is 20.3 Å². The van der Waals surface area contributed by atoms with E-state index >= 15 is 0 Å². The number of halogens is 1. The Labute approximate surface area is 147 Å². The van der Waals surface area contributed by atoms with Gasteiger partial charge in [0.2, 0.25) is 0 Å². The molecule has 1 fully saturated rings. The molecule has 4 heteroatoms. The second kappa shape index (κ2) is 6.68. The minimum absolute atomic E-state index is 0.174. The Hall–Kier alpha value is -2.07. The van der Waals surface area contributed by atoms with E-state index in [0.717, 1.165) is 29.7 Å². The zero-order valence-corrected chi connectivity index (χ0v) is 14.6. The van der Waals surface area contributed by atoms with Gasteiger partial charge in [0, 0.05) is 5.92 Å². The fraction of sp³-hybridized carbons (Fsp3) is 0.429. The van der Waals surface area contributed by atoms with Gasteiger partial charge in [-0.2, -0.15) is 0 Å². The van der Waals surface area contributed by atoms with Gasteiger partial charge in [-0.25, -0.2) is 4.39 Å². The van der Waals surface area contributed by atoms with Crippen molar-refractivity contribution in [2.75, 3.05) is 14.2 Å². The second-order valence-corrected chi connectivity index (χ2v) is 6.84. The molecule has 2 aromatic carbocycles. The Morgan fingerprint density at radius 3 is 2.40 bits per heavy atom. The van der Waals surface area contributed by atoms with Crippen molar-refractivity contribution in [3.63, 3.8) is 0 Å². The Balaban J connectivity index is 1.87. The Kier molecular flexibility index (Phi) is 4.38. The first kappa shape index (κ1) is 16.4. The second-order valence-electron chi connectivity index (χ2n) is 6.84. The molecule has 2 aromatic rings.